The summed E-state index contributed by atoms with van der Waals surface area (Å²) in [5.74, 6) is -2.48. The first-order valence-electron chi connectivity index (χ1n) is 3.76. The average Bonchev–Trinajstić information content (AvgIpc) is 1.77. The van der Waals surface area contributed by atoms with E-state index < -0.39 is 36.6 Å². The third-order valence-electron chi connectivity index (χ3n) is 2.32. The van der Waals surface area contributed by atoms with E-state index in [1.807, 2.05) is 0 Å². The molecule has 1 aliphatic rings. The number of amides is 1. The van der Waals surface area contributed by atoms with Crippen molar-refractivity contribution in [3.8, 4) is 0 Å². The number of aliphatic carboxylic acids is 1. The lowest BCUT2D eigenvalue weighted by Gasteiger charge is -2.47. The van der Waals surface area contributed by atoms with Crippen LogP contribution in [0.5, 0.6) is 0 Å². The Morgan fingerprint density at radius 1 is 1.36 bits per heavy atom. The molecule has 0 aliphatic carbocycles. The number of hydrogen-bond donors (Lipinski definition) is 1. The summed E-state index contributed by atoms with van der Waals surface area (Å²) in [6.45, 7) is -0.482. The minimum atomic E-state index is -4.81. The standard InChI is InChI=1S/C7H8F3NO3/c1-4(12)11-2-6(3-11,5(13)14)7(8,9)10/h2-3H2,1H3,(H,13,14). The van der Waals surface area contributed by atoms with Crippen molar-refractivity contribution in [3.05, 3.63) is 0 Å². The number of rotatable bonds is 1. The van der Waals surface area contributed by atoms with Crippen LogP contribution in [0, 0.1) is 5.41 Å². The van der Waals surface area contributed by atoms with Gasteiger partial charge in [-0.05, 0) is 0 Å². The highest BCUT2D eigenvalue weighted by Crippen LogP contribution is 2.45. The van der Waals surface area contributed by atoms with Crippen molar-refractivity contribution in [2.24, 2.45) is 5.41 Å². The Labute approximate surface area is 77.3 Å². The molecule has 0 atom stereocenters. The van der Waals surface area contributed by atoms with E-state index in [9.17, 15) is 22.8 Å². The first-order valence-corrected chi connectivity index (χ1v) is 3.76. The first-order chi connectivity index (χ1) is 6.21. The summed E-state index contributed by atoms with van der Waals surface area (Å²) in [7, 11) is 0. The maximum Gasteiger partial charge on any atom is 0.408 e. The average molecular weight is 211 g/mol. The van der Waals surface area contributed by atoms with Crippen LogP contribution in [0.25, 0.3) is 0 Å². The molecule has 0 saturated carbocycles. The topological polar surface area (TPSA) is 57.6 Å². The van der Waals surface area contributed by atoms with Gasteiger partial charge in [0.15, 0.2) is 5.41 Å². The van der Waals surface area contributed by atoms with Gasteiger partial charge in [0.25, 0.3) is 0 Å². The van der Waals surface area contributed by atoms with Gasteiger partial charge in [-0.25, -0.2) is 0 Å². The van der Waals surface area contributed by atoms with Crippen molar-refractivity contribution < 1.29 is 27.9 Å². The van der Waals surface area contributed by atoms with Gasteiger partial charge >= 0.3 is 12.1 Å². The summed E-state index contributed by atoms with van der Waals surface area (Å²) in [6, 6.07) is 0. The molecule has 7 heteroatoms. The lowest BCUT2D eigenvalue weighted by Crippen LogP contribution is -2.68. The highest BCUT2D eigenvalue weighted by atomic mass is 19.4. The van der Waals surface area contributed by atoms with Crippen LogP contribution in [-0.4, -0.2) is 41.1 Å². The molecule has 0 radical (unpaired) electrons. The highest BCUT2D eigenvalue weighted by molar-refractivity contribution is 5.83. The molecule has 1 rings (SSSR count). The molecular weight excluding hydrogens is 203 g/mol. The zero-order chi connectivity index (χ0) is 11.1. The molecule has 0 aromatic rings. The number of likely N-dealkylation sites (tertiary alicyclic amines) is 1. The normalized spacial score (nSPS) is 20.1. The zero-order valence-electron chi connectivity index (χ0n) is 7.26. The van der Waals surface area contributed by atoms with E-state index in [0.29, 0.717) is 0 Å². The molecule has 4 nitrogen and oxygen atoms in total. The van der Waals surface area contributed by atoms with E-state index >= 15 is 0 Å². The molecule has 0 unspecified atom stereocenters. The number of hydrogen-bond acceptors (Lipinski definition) is 2. The molecule has 1 fully saturated rings. The van der Waals surface area contributed by atoms with Crippen LogP contribution in [0.1, 0.15) is 6.92 Å². The number of carbonyl (C=O) groups is 2. The van der Waals surface area contributed by atoms with Crippen molar-refractivity contribution in [1.29, 1.82) is 0 Å². The maximum atomic E-state index is 12.3. The quantitative estimate of drug-likeness (QED) is 0.686. The maximum absolute atomic E-state index is 12.3. The molecule has 0 aromatic heterocycles. The third-order valence-corrected chi connectivity index (χ3v) is 2.32. The minimum absolute atomic E-state index is 0.550. The Morgan fingerprint density at radius 2 is 1.79 bits per heavy atom. The molecule has 0 bridgehead atoms. The SMILES string of the molecule is CC(=O)N1CC(C(=O)O)(C(F)(F)F)C1. The predicted molar refractivity (Wildman–Crippen MR) is 38.4 cm³/mol. The summed E-state index contributed by atoms with van der Waals surface area (Å²) < 4.78 is 37.0. The summed E-state index contributed by atoms with van der Waals surface area (Å²) in [5, 5.41) is 8.46. The van der Waals surface area contributed by atoms with Crippen molar-refractivity contribution >= 4 is 11.9 Å². The molecule has 80 valence electrons. The van der Waals surface area contributed by atoms with Crippen LogP contribution in [0.4, 0.5) is 13.2 Å². The Balaban J connectivity index is 2.83. The minimum Gasteiger partial charge on any atom is -0.480 e. The fraction of sp³-hybridized carbons (Fsp3) is 0.714. The Morgan fingerprint density at radius 3 is 2.00 bits per heavy atom. The van der Waals surface area contributed by atoms with Gasteiger partial charge in [0.2, 0.25) is 5.91 Å². The number of carboxylic acid groups (broad SMARTS) is 1. The molecule has 1 saturated heterocycles. The predicted octanol–water partition coefficient (Wildman–Crippen LogP) is 0.482. The van der Waals surface area contributed by atoms with Gasteiger partial charge in [0.1, 0.15) is 0 Å². The van der Waals surface area contributed by atoms with Crippen LogP contribution in [0.3, 0.4) is 0 Å². The van der Waals surface area contributed by atoms with E-state index in [0.717, 1.165) is 11.8 Å². The first kappa shape index (κ1) is 10.8. The zero-order valence-corrected chi connectivity index (χ0v) is 7.26. The van der Waals surface area contributed by atoms with E-state index in [4.69, 9.17) is 5.11 Å². The Bertz CT molecular complexity index is 280. The largest absolute Gasteiger partial charge is 0.480 e. The van der Waals surface area contributed by atoms with Crippen molar-refractivity contribution in [3.63, 3.8) is 0 Å². The van der Waals surface area contributed by atoms with Gasteiger partial charge in [0, 0.05) is 20.0 Å². The van der Waals surface area contributed by atoms with Crippen LogP contribution >= 0.6 is 0 Å². The van der Waals surface area contributed by atoms with Crippen molar-refractivity contribution in [2.45, 2.75) is 13.1 Å². The summed E-state index contributed by atoms with van der Waals surface area (Å²) in [5.41, 5.74) is -2.77. The number of halogens is 3. The molecule has 14 heavy (non-hydrogen) atoms. The van der Waals surface area contributed by atoms with E-state index in [-0.39, 0.29) is 0 Å². The monoisotopic (exact) mass is 211 g/mol. The molecular formula is C7H8F3NO3. The molecule has 1 aliphatic heterocycles. The molecule has 1 N–H and O–H groups in total. The summed E-state index contributed by atoms with van der Waals surface area (Å²) in [4.78, 5) is 21.9. The number of nitrogens with zero attached hydrogens (tertiary/aromatic N) is 1. The lowest BCUT2D eigenvalue weighted by molar-refractivity contribution is -0.262. The van der Waals surface area contributed by atoms with Crippen LogP contribution in [-0.2, 0) is 9.59 Å². The molecule has 0 aromatic carbocycles. The molecule has 0 spiro atoms. The Hall–Kier alpha value is -1.27. The van der Waals surface area contributed by atoms with E-state index in [2.05, 4.69) is 0 Å². The highest BCUT2D eigenvalue weighted by Gasteiger charge is 2.67. The lowest BCUT2D eigenvalue weighted by atomic mass is 9.79. The van der Waals surface area contributed by atoms with Gasteiger partial charge in [-0.15, -0.1) is 0 Å². The fourth-order valence-electron chi connectivity index (χ4n) is 1.26. The number of carboxylic acids is 1. The van der Waals surface area contributed by atoms with Crippen LogP contribution < -0.4 is 0 Å². The Kier molecular flexibility index (Phi) is 2.21. The smallest absolute Gasteiger partial charge is 0.408 e. The van der Waals surface area contributed by atoms with Gasteiger partial charge in [0.05, 0.1) is 0 Å². The summed E-state index contributed by atoms with van der Waals surface area (Å²) >= 11 is 0. The van der Waals surface area contributed by atoms with E-state index in [1.165, 1.54) is 0 Å². The molecule has 1 heterocycles. The van der Waals surface area contributed by atoms with Gasteiger partial charge in [-0.2, -0.15) is 13.2 Å². The second kappa shape index (κ2) is 2.86. The second-order valence-electron chi connectivity index (χ2n) is 3.26. The summed E-state index contributed by atoms with van der Waals surface area (Å²) in [6.07, 6.45) is -4.81. The van der Waals surface area contributed by atoms with Crippen LogP contribution in [0.15, 0.2) is 0 Å². The number of alkyl halides is 3. The number of carbonyl (C=O) groups excluding carboxylic acids is 1. The van der Waals surface area contributed by atoms with Crippen molar-refractivity contribution in [1.82, 2.24) is 4.90 Å². The molecule has 1 amide bonds. The van der Waals surface area contributed by atoms with Crippen LogP contribution in [0.2, 0.25) is 0 Å². The van der Waals surface area contributed by atoms with Crippen molar-refractivity contribution in [2.75, 3.05) is 13.1 Å². The fourth-order valence-corrected chi connectivity index (χ4v) is 1.26. The van der Waals surface area contributed by atoms with E-state index in [1.54, 1.807) is 0 Å². The second-order valence-corrected chi connectivity index (χ2v) is 3.26. The third kappa shape index (κ3) is 1.32. The van der Waals surface area contributed by atoms with Gasteiger partial charge < -0.3 is 10.0 Å². The van der Waals surface area contributed by atoms with Gasteiger partial charge in [-0.1, -0.05) is 0 Å². The van der Waals surface area contributed by atoms with Gasteiger partial charge in [-0.3, -0.25) is 9.59 Å².